The summed E-state index contributed by atoms with van der Waals surface area (Å²) < 4.78 is 5.10. The lowest BCUT2D eigenvalue weighted by Crippen LogP contribution is -2.05. The highest BCUT2D eigenvalue weighted by atomic mass is 32.2. The molecule has 0 radical (unpaired) electrons. The van der Waals surface area contributed by atoms with Crippen molar-refractivity contribution >= 4 is 11.8 Å². The fraction of sp³-hybridized carbons (Fsp3) is 0.778. The summed E-state index contributed by atoms with van der Waals surface area (Å²) in [6.07, 6.45) is 4.45. The third kappa shape index (κ3) is 2.27. The van der Waals surface area contributed by atoms with Crippen molar-refractivity contribution in [1.82, 2.24) is 10.1 Å². The van der Waals surface area contributed by atoms with Gasteiger partial charge in [0.25, 0.3) is 0 Å². The van der Waals surface area contributed by atoms with E-state index in [9.17, 15) is 0 Å². The van der Waals surface area contributed by atoms with E-state index in [1.165, 1.54) is 25.0 Å². The fourth-order valence-electron chi connectivity index (χ4n) is 1.57. The van der Waals surface area contributed by atoms with Gasteiger partial charge in [-0.3, -0.25) is 0 Å². The van der Waals surface area contributed by atoms with E-state index in [0.29, 0.717) is 24.1 Å². The first-order chi connectivity index (χ1) is 6.90. The average molecular weight is 213 g/mol. The van der Waals surface area contributed by atoms with Crippen molar-refractivity contribution in [2.45, 2.75) is 30.9 Å². The molecular weight excluding hydrogens is 198 g/mol. The van der Waals surface area contributed by atoms with Crippen LogP contribution in [0.15, 0.2) is 4.52 Å². The van der Waals surface area contributed by atoms with Crippen molar-refractivity contribution in [3.8, 4) is 0 Å². The smallest absolute Gasteiger partial charge is 0.227 e. The molecule has 0 aromatic carbocycles. The van der Waals surface area contributed by atoms with Crippen molar-refractivity contribution in [3.63, 3.8) is 0 Å². The highest BCUT2D eigenvalue weighted by molar-refractivity contribution is 7.99. The summed E-state index contributed by atoms with van der Waals surface area (Å²) >= 11 is 1.93. The van der Waals surface area contributed by atoms with Crippen molar-refractivity contribution < 1.29 is 4.52 Å². The van der Waals surface area contributed by atoms with Crippen LogP contribution in [-0.2, 0) is 6.42 Å². The molecule has 1 saturated heterocycles. The molecule has 1 atom stereocenters. The first kappa shape index (κ1) is 9.98. The summed E-state index contributed by atoms with van der Waals surface area (Å²) in [4.78, 5) is 4.35. The van der Waals surface area contributed by atoms with E-state index in [1.54, 1.807) is 0 Å². The summed E-state index contributed by atoms with van der Waals surface area (Å²) in [5.74, 6) is 2.75. The molecule has 1 aliphatic heterocycles. The van der Waals surface area contributed by atoms with Crippen LogP contribution in [0.4, 0.5) is 0 Å². The molecule has 1 unspecified atom stereocenters. The number of hydrogen-bond acceptors (Lipinski definition) is 5. The topological polar surface area (TPSA) is 64.9 Å². The van der Waals surface area contributed by atoms with Gasteiger partial charge in [0.1, 0.15) is 0 Å². The van der Waals surface area contributed by atoms with Gasteiger partial charge in [0.05, 0.1) is 5.25 Å². The SMILES string of the molecule is NCCc1nc(C2CCCCS2)no1. The van der Waals surface area contributed by atoms with E-state index in [0.717, 1.165) is 5.82 Å². The quantitative estimate of drug-likeness (QED) is 0.824. The summed E-state index contributed by atoms with van der Waals surface area (Å²) in [6.45, 7) is 0.569. The predicted molar refractivity (Wildman–Crippen MR) is 56.1 cm³/mol. The second-order valence-electron chi connectivity index (χ2n) is 3.44. The van der Waals surface area contributed by atoms with Crippen LogP contribution in [0.25, 0.3) is 0 Å². The molecule has 2 rings (SSSR count). The van der Waals surface area contributed by atoms with Crippen molar-refractivity contribution in [2.24, 2.45) is 5.73 Å². The van der Waals surface area contributed by atoms with Crippen LogP contribution in [0.2, 0.25) is 0 Å². The van der Waals surface area contributed by atoms with E-state index in [1.807, 2.05) is 11.8 Å². The fourth-order valence-corrected chi connectivity index (χ4v) is 2.80. The highest BCUT2D eigenvalue weighted by Crippen LogP contribution is 2.36. The van der Waals surface area contributed by atoms with Crippen LogP contribution in [0, 0.1) is 0 Å². The third-order valence-corrected chi connectivity index (χ3v) is 3.68. The molecule has 1 aromatic rings. The lowest BCUT2D eigenvalue weighted by Gasteiger charge is -2.17. The molecule has 0 spiro atoms. The van der Waals surface area contributed by atoms with E-state index >= 15 is 0 Å². The number of aromatic nitrogens is 2. The number of rotatable bonds is 3. The zero-order valence-corrected chi connectivity index (χ0v) is 8.92. The second kappa shape index (κ2) is 4.79. The zero-order valence-electron chi connectivity index (χ0n) is 8.11. The molecule has 1 aliphatic rings. The maximum Gasteiger partial charge on any atom is 0.227 e. The Balaban J connectivity index is 2.00. The van der Waals surface area contributed by atoms with Crippen molar-refractivity contribution in [1.29, 1.82) is 0 Å². The molecule has 1 fully saturated rings. The Kier molecular flexibility index (Phi) is 3.42. The maximum absolute atomic E-state index is 5.42. The predicted octanol–water partition coefficient (Wildman–Crippen LogP) is 1.53. The lowest BCUT2D eigenvalue weighted by molar-refractivity contribution is 0.373. The Labute approximate surface area is 87.6 Å². The molecule has 0 aliphatic carbocycles. The van der Waals surface area contributed by atoms with Crippen LogP contribution < -0.4 is 5.73 Å². The van der Waals surface area contributed by atoms with Gasteiger partial charge in [-0.2, -0.15) is 16.7 Å². The monoisotopic (exact) mass is 213 g/mol. The van der Waals surface area contributed by atoms with Gasteiger partial charge in [0.2, 0.25) is 5.89 Å². The van der Waals surface area contributed by atoms with Crippen LogP contribution in [0.5, 0.6) is 0 Å². The van der Waals surface area contributed by atoms with Gasteiger partial charge in [0.15, 0.2) is 5.82 Å². The minimum Gasteiger partial charge on any atom is -0.339 e. The Morgan fingerprint density at radius 1 is 1.50 bits per heavy atom. The standard InChI is InChI=1S/C9H15N3OS/c10-5-4-8-11-9(12-13-8)7-3-1-2-6-14-7/h7H,1-6,10H2. The molecule has 0 amide bonds. The molecule has 0 saturated carbocycles. The molecule has 2 heterocycles. The summed E-state index contributed by atoms with van der Waals surface area (Å²) in [6, 6.07) is 0. The van der Waals surface area contributed by atoms with Crippen LogP contribution in [0.1, 0.15) is 36.2 Å². The minimum atomic E-state index is 0.444. The Morgan fingerprint density at radius 2 is 2.43 bits per heavy atom. The molecule has 2 N–H and O–H groups in total. The van der Waals surface area contributed by atoms with Crippen LogP contribution >= 0.6 is 11.8 Å². The maximum atomic E-state index is 5.42. The van der Waals surface area contributed by atoms with Gasteiger partial charge in [-0.25, -0.2) is 0 Å². The molecule has 78 valence electrons. The van der Waals surface area contributed by atoms with Gasteiger partial charge in [-0.15, -0.1) is 0 Å². The third-order valence-electron chi connectivity index (χ3n) is 2.31. The molecule has 4 nitrogen and oxygen atoms in total. The molecule has 5 heteroatoms. The zero-order chi connectivity index (χ0) is 9.80. The number of nitrogens with two attached hydrogens (primary N) is 1. The van der Waals surface area contributed by atoms with Gasteiger partial charge in [-0.1, -0.05) is 11.6 Å². The Morgan fingerprint density at radius 3 is 3.14 bits per heavy atom. The van der Waals surface area contributed by atoms with E-state index < -0.39 is 0 Å². The molecular formula is C9H15N3OS. The van der Waals surface area contributed by atoms with Crippen molar-refractivity contribution in [3.05, 3.63) is 11.7 Å². The van der Waals surface area contributed by atoms with Crippen LogP contribution in [0.3, 0.4) is 0 Å². The van der Waals surface area contributed by atoms with E-state index in [-0.39, 0.29) is 0 Å². The first-order valence-corrected chi connectivity index (χ1v) is 6.09. The Bertz CT molecular complexity index is 283. The number of nitrogens with zero attached hydrogens (tertiary/aromatic N) is 2. The van der Waals surface area contributed by atoms with Crippen molar-refractivity contribution in [2.75, 3.05) is 12.3 Å². The van der Waals surface area contributed by atoms with Gasteiger partial charge >= 0.3 is 0 Å². The first-order valence-electron chi connectivity index (χ1n) is 5.04. The summed E-state index contributed by atoms with van der Waals surface area (Å²) in [5.41, 5.74) is 5.42. The summed E-state index contributed by atoms with van der Waals surface area (Å²) in [7, 11) is 0. The normalized spacial score (nSPS) is 22.5. The number of thioether (sulfide) groups is 1. The Hall–Kier alpha value is -0.550. The second-order valence-corrected chi connectivity index (χ2v) is 4.75. The summed E-state index contributed by atoms with van der Waals surface area (Å²) in [5, 5.41) is 4.44. The largest absolute Gasteiger partial charge is 0.339 e. The average Bonchev–Trinajstić information content (AvgIpc) is 2.68. The molecule has 14 heavy (non-hydrogen) atoms. The van der Waals surface area contributed by atoms with E-state index in [4.69, 9.17) is 10.3 Å². The lowest BCUT2D eigenvalue weighted by atomic mass is 10.2. The van der Waals surface area contributed by atoms with Crippen LogP contribution in [-0.4, -0.2) is 22.4 Å². The van der Waals surface area contributed by atoms with Gasteiger partial charge in [-0.05, 0) is 18.6 Å². The van der Waals surface area contributed by atoms with Gasteiger partial charge in [0, 0.05) is 13.0 Å². The molecule has 1 aromatic heterocycles. The highest BCUT2D eigenvalue weighted by Gasteiger charge is 2.21. The van der Waals surface area contributed by atoms with E-state index in [2.05, 4.69) is 10.1 Å². The molecule has 0 bridgehead atoms. The number of hydrogen-bond donors (Lipinski definition) is 1. The van der Waals surface area contributed by atoms with Gasteiger partial charge < -0.3 is 10.3 Å². The minimum absolute atomic E-state index is 0.444.